The number of piperidine rings is 1. The van der Waals surface area contributed by atoms with Gasteiger partial charge in [-0.1, -0.05) is 6.07 Å². The maximum atomic E-state index is 12.4. The minimum Gasteiger partial charge on any atom is -0.341 e. The van der Waals surface area contributed by atoms with Crippen LogP contribution in [0.4, 0.5) is 0 Å². The zero-order valence-electron chi connectivity index (χ0n) is 12.7. The van der Waals surface area contributed by atoms with E-state index in [0.29, 0.717) is 12.5 Å². The van der Waals surface area contributed by atoms with E-state index in [1.165, 1.54) is 11.3 Å². The first-order valence-electron chi connectivity index (χ1n) is 7.57. The van der Waals surface area contributed by atoms with Crippen LogP contribution in [0.1, 0.15) is 18.5 Å². The highest BCUT2D eigenvalue weighted by Crippen LogP contribution is 2.22. The van der Waals surface area contributed by atoms with Crippen LogP contribution in [0.3, 0.4) is 0 Å². The van der Waals surface area contributed by atoms with Crippen molar-refractivity contribution < 1.29 is 4.79 Å². The summed E-state index contributed by atoms with van der Waals surface area (Å²) in [4.78, 5) is 23.2. The molecule has 1 aliphatic rings. The molecule has 1 aliphatic heterocycles. The maximum Gasteiger partial charge on any atom is 0.228 e. The third-order valence-corrected chi connectivity index (χ3v) is 4.86. The van der Waals surface area contributed by atoms with Crippen LogP contribution in [0.2, 0.25) is 0 Å². The molecule has 0 bridgehead atoms. The van der Waals surface area contributed by atoms with Gasteiger partial charge in [0.2, 0.25) is 5.91 Å². The molecule has 1 unspecified atom stereocenters. The second-order valence-electron chi connectivity index (χ2n) is 5.50. The average molecular weight is 316 g/mol. The summed E-state index contributed by atoms with van der Waals surface area (Å²) >= 11 is 1.54. The van der Waals surface area contributed by atoms with E-state index in [1.54, 1.807) is 6.20 Å². The zero-order valence-corrected chi connectivity index (χ0v) is 13.5. The van der Waals surface area contributed by atoms with Gasteiger partial charge >= 0.3 is 0 Å². The molecule has 5 nitrogen and oxygen atoms in total. The minimum atomic E-state index is 0.165. The molecule has 1 fully saturated rings. The van der Waals surface area contributed by atoms with Crippen molar-refractivity contribution in [3.8, 4) is 10.7 Å². The van der Waals surface area contributed by atoms with E-state index in [-0.39, 0.29) is 5.91 Å². The van der Waals surface area contributed by atoms with Gasteiger partial charge in [-0.25, -0.2) is 4.98 Å². The van der Waals surface area contributed by atoms with Crippen LogP contribution in [0.25, 0.3) is 10.7 Å². The molecule has 3 rings (SSSR count). The van der Waals surface area contributed by atoms with E-state index in [4.69, 9.17) is 0 Å². The number of nitrogens with one attached hydrogen (secondary N) is 1. The number of rotatable bonds is 4. The summed E-state index contributed by atoms with van der Waals surface area (Å²) in [5.41, 5.74) is 1.70. The maximum absolute atomic E-state index is 12.4. The fourth-order valence-corrected chi connectivity index (χ4v) is 3.50. The summed E-state index contributed by atoms with van der Waals surface area (Å²) in [6, 6.07) is 6.18. The lowest BCUT2D eigenvalue weighted by atomic mass is 10.1. The number of thiazole rings is 1. The van der Waals surface area contributed by atoms with Crippen molar-refractivity contribution in [2.45, 2.75) is 25.3 Å². The number of carbonyl (C=O) groups is 1. The summed E-state index contributed by atoms with van der Waals surface area (Å²) < 4.78 is 0. The largest absolute Gasteiger partial charge is 0.341 e. The topological polar surface area (TPSA) is 58.1 Å². The van der Waals surface area contributed by atoms with Crippen molar-refractivity contribution >= 4 is 17.2 Å². The van der Waals surface area contributed by atoms with Crippen molar-refractivity contribution in [2.24, 2.45) is 0 Å². The standard InChI is InChI=1S/C16H20N4OS/c1-17-12-5-4-8-20(10-12)15(21)9-13-11-22-16(19-13)14-6-2-3-7-18-14/h2-3,6-7,11-12,17H,4-5,8-10H2,1H3. The molecule has 0 aliphatic carbocycles. The number of likely N-dealkylation sites (N-methyl/N-ethyl adjacent to an activating group) is 1. The lowest BCUT2D eigenvalue weighted by Gasteiger charge is -2.32. The summed E-state index contributed by atoms with van der Waals surface area (Å²) in [6.45, 7) is 1.65. The van der Waals surface area contributed by atoms with E-state index in [2.05, 4.69) is 15.3 Å². The Balaban J connectivity index is 1.64. The molecule has 2 aromatic heterocycles. The number of hydrogen-bond donors (Lipinski definition) is 1. The van der Waals surface area contributed by atoms with Gasteiger partial charge in [-0.3, -0.25) is 9.78 Å². The molecule has 3 heterocycles. The second kappa shape index (κ2) is 6.98. The predicted octanol–water partition coefficient (Wildman–Crippen LogP) is 1.96. The SMILES string of the molecule is CNC1CCCN(C(=O)Cc2csc(-c3ccccn3)n2)C1. The molecule has 0 saturated carbocycles. The van der Waals surface area contributed by atoms with E-state index in [1.807, 2.05) is 35.5 Å². The van der Waals surface area contributed by atoms with E-state index < -0.39 is 0 Å². The van der Waals surface area contributed by atoms with Gasteiger partial charge < -0.3 is 10.2 Å². The molecule has 1 amide bonds. The van der Waals surface area contributed by atoms with Gasteiger partial charge in [0.15, 0.2) is 0 Å². The molecule has 22 heavy (non-hydrogen) atoms. The second-order valence-corrected chi connectivity index (χ2v) is 6.36. The van der Waals surface area contributed by atoms with Crippen molar-refractivity contribution in [3.63, 3.8) is 0 Å². The van der Waals surface area contributed by atoms with E-state index in [0.717, 1.165) is 42.3 Å². The van der Waals surface area contributed by atoms with Crippen LogP contribution >= 0.6 is 11.3 Å². The molecule has 0 spiro atoms. The molecule has 2 aromatic rings. The number of aromatic nitrogens is 2. The number of amides is 1. The van der Waals surface area contributed by atoms with Crippen LogP contribution in [0, 0.1) is 0 Å². The molecule has 1 atom stereocenters. The van der Waals surface area contributed by atoms with Gasteiger partial charge in [0, 0.05) is 30.7 Å². The molecular weight excluding hydrogens is 296 g/mol. The number of hydrogen-bond acceptors (Lipinski definition) is 5. The highest BCUT2D eigenvalue weighted by atomic mass is 32.1. The summed E-state index contributed by atoms with van der Waals surface area (Å²) in [5, 5.41) is 6.09. The van der Waals surface area contributed by atoms with Crippen molar-refractivity contribution in [1.82, 2.24) is 20.2 Å². The molecular formula is C16H20N4OS. The molecule has 0 aromatic carbocycles. The molecule has 1 saturated heterocycles. The monoisotopic (exact) mass is 316 g/mol. The number of likely N-dealkylation sites (tertiary alicyclic amines) is 1. The summed E-state index contributed by atoms with van der Waals surface area (Å²) in [5.74, 6) is 0.165. The van der Waals surface area contributed by atoms with Crippen molar-refractivity contribution in [1.29, 1.82) is 0 Å². The molecule has 6 heteroatoms. The van der Waals surface area contributed by atoms with Crippen LogP contribution in [0.5, 0.6) is 0 Å². The fraction of sp³-hybridized carbons (Fsp3) is 0.438. The third-order valence-electron chi connectivity index (χ3n) is 3.95. The Morgan fingerprint density at radius 1 is 1.50 bits per heavy atom. The highest BCUT2D eigenvalue weighted by molar-refractivity contribution is 7.13. The van der Waals surface area contributed by atoms with Gasteiger partial charge in [-0.05, 0) is 32.0 Å². The van der Waals surface area contributed by atoms with Crippen molar-refractivity contribution in [3.05, 3.63) is 35.5 Å². The Labute approximate surface area is 134 Å². The number of pyridine rings is 1. The lowest BCUT2D eigenvalue weighted by Crippen LogP contribution is -2.47. The van der Waals surface area contributed by atoms with Crippen LogP contribution in [0.15, 0.2) is 29.8 Å². The Morgan fingerprint density at radius 3 is 3.18 bits per heavy atom. The fourth-order valence-electron chi connectivity index (χ4n) is 2.70. The van der Waals surface area contributed by atoms with Crippen LogP contribution in [-0.4, -0.2) is 47.0 Å². The van der Waals surface area contributed by atoms with E-state index >= 15 is 0 Å². The van der Waals surface area contributed by atoms with E-state index in [9.17, 15) is 4.79 Å². The quantitative estimate of drug-likeness (QED) is 0.937. The summed E-state index contributed by atoms with van der Waals surface area (Å²) in [6.07, 6.45) is 4.33. The van der Waals surface area contributed by atoms with Gasteiger partial charge in [0.1, 0.15) is 5.01 Å². The Morgan fingerprint density at radius 2 is 2.41 bits per heavy atom. The summed E-state index contributed by atoms with van der Waals surface area (Å²) in [7, 11) is 1.96. The van der Waals surface area contributed by atoms with Crippen LogP contribution in [-0.2, 0) is 11.2 Å². The zero-order chi connectivity index (χ0) is 15.4. The first-order chi connectivity index (χ1) is 10.8. The first kappa shape index (κ1) is 15.1. The Kier molecular flexibility index (Phi) is 4.80. The van der Waals surface area contributed by atoms with Crippen LogP contribution < -0.4 is 5.32 Å². The van der Waals surface area contributed by atoms with Crippen molar-refractivity contribution in [2.75, 3.05) is 20.1 Å². The Hall–Kier alpha value is -1.79. The average Bonchev–Trinajstić information content (AvgIpc) is 3.04. The first-order valence-corrected chi connectivity index (χ1v) is 8.45. The normalized spacial score (nSPS) is 18.4. The van der Waals surface area contributed by atoms with Gasteiger partial charge in [0.05, 0.1) is 17.8 Å². The Bertz CT molecular complexity index is 628. The highest BCUT2D eigenvalue weighted by Gasteiger charge is 2.23. The van der Waals surface area contributed by atoms with Gasteiger partial charge in [-0.2, -0.15) is 0 Å². The number of carbonyl (C=O) groups excluding carboxylic acids is 1. The predicted molar refractivity (Wildman–Crippen MR) is 87.7 cm³/mol. The molecule has 116 valence electrons. The van der Waals surface area contributed by atoms with Gasteiger partial charge in [-0.15, -0.1) is 11.3 Å². The number of nitrogens with zero attached hydrogens (tertiary/aromatic N) is 3. The smallest absolute Gasteiger partial charge is 0.228 e. The third kappa shape index (κ3) is 3.51. The van der Waals surface area contributed by atoms with Gasteiger partial charge in [0.25, 0.3) is 0 Å². The molecule has 1 N–H and O–H groups in total. The minimum absolute atomic E-state index is 0.165. The lowest BCUT2D eigenvalue weighted by molar-refractivity contribution is -0.131. The molecule has 0 radical (unpaired) electrons.